The van der Waals surface area contributed by atoms with Crippen LogP contribution in [0.4, 0.5) is 11.5 Å². The molecule has 3 rings (SSSR count). The van der Waals surface area contributed by atoms with Gasteiger partial charge in [0.1, 0.15) is 5.82 Å². The average Bonchev–Trinajstić information content (AvgIpc) is 2.86. The first-order valence-corrected chi connectivity index (χ1v) is 6.42. The Hall–Kier alpha value is -2.47. The molecule has 0 radical (unpaired) electrons. The Bertz CT molecular complexity index is 782. The third-order valence-electron chi connectivity index (χ3n) is 2.83. The number of nitrogens with zero attached hydrogens (tertiary/aromatic N) is 2. The SMILES string of the molecule is Nc1ccc([N+](=O)[O-])c(-c2cccc3ccsc23)n1. The van der Waals surface area contributed by atoms with E-state index in [-0.39, 0.29) is 11.5 Å². The lowest BCUT2D eigenvalue weighted by Crippen LogP contribution is -1.98. The van der Waals surface area contributed by atoms with E-state index in [4.69, 9.17) is 5.73 Å². The predicted molar refractivity (Wildman–Crippen MR) is 76.1 cm³/mol. The quantitative estimate of drug-likeness (QED) is 0.571. The van der Waals surface area contributed by atoms with E-state index in [1.807, 2.05) is 29.6 Å². The summed E-state index contributed by atoms with van der Waals surface area (Å²) in [5, 5.41) is 14.1. The van der Waals surface area contributed by atoms with Crippen molar-refractivity contribution in [3.05, 3.63) is 51.9 Å². The molecule has 0 aliphatic rings. The summed E-state index contributed by atoms with van der Waals surface area (Å²) in [4.78, 5) is 14.8. The number of thiophene rings is 1. The number of anilines is 1. The zero-order valence-corrected chi connectivity index (χ0v) is 10.6. The summed E-state index contributed by atoms with van der Waals surface area (Å²) in [5.41, 5.74) is 6.68. The predicted octanol–water partition coefficient (Wildman–Crippen LogP) is 3.45. The Labute approximate surface area is 112 Å². The molecule has 0 spiro atoms. The molecule has 0 aliphatic carbocycles. The largest absolute Gasteiger partial charge is 0.384 e. The average molecular weight is 271 g/mol. The Morgan fingerprint density at radius 2 is 2.05 bits per heavy atom. The second-order valence-electron chi connectivity index (χ2n) is 4.01. The molecule has 5 nitrogen and oxygen atoms in total. The molecular formula is C13H9N3O2S. The van der Waals surface area contributed by atoms with Gasteiger partial charge >= 0.3 is 0 Å². The minimum Gasteiger partial charge on any atom is -0.384 e. The highest BCUT2D eigenvalue weighted by Crippen LogP contribution is 2.36. The summed E-state index contributed by atoms with van der Waals surface area (Å²) in [5.74, 6) is 0.272. The van der Waals surface area contributed by atoms with Crippen LogP contribution in [0, 0.1) is 10.1 Å². The topological polar surface area (TPSA) is 82.0 Å². The van der Waals surface area contributed by atoms with Gasteiger partial charge in [0, 0.05) is 16.3 Å². The van der Waals surface area contributed by atoms with Crippen molar-refractivity contribution in [2.45, 2.75) is 0 Å². The fourth-order valence-electron chi connectivity index (χ4n) is 1.99. The maximum atomic E-state index is 11.1. The minimum atomic E-state index is -0.436. The monoisotopic (exact) mass is 271 g/mol. The smallest absolute Gasteiger partial charge is 0.295 e. The molecule has 0 aliphatic heterocycles. The van der Waals surface area contributed by atoms with Gasteiger partial charge in [-0.2, -0.15) is 0 Å². The molecule has 3 aromatic rings. The molecule has 0 bridgehead atoms. The highest BCUT2D eigenvalue weighted by atomic mass is 32.1. The van der Waals surface area contributed by atoms with E-state index in [0.717, 1.165) is 15.6 Å². The first-order valence-electron chi connectivity index (χ1n) is 5.54. The molecule has 1 aromatic carbocycles. The van der Waals surface area contributed by atoms with Gasteiger partial charge in [-0.1, -0.05) is 18.2 Å². The van der Waals surface area contributed by atoms with Crippen molar-refractivity contribution in [3.63, 3.8) is 0 Å². The van der Waals surface area contributed by atoms with E-state index in [2.05, 4.69) is 4.98 Å². The summed E-state index contributed by atoms with van der Waals surface area (Å²) < 4.78 is 0.976. The van der Waals surface area contributed by atoms with Gasteiger partial charge in [-0.25, -0.2) is 4.98 Å². The Balaban J connectivity index is 2.35. The van der Waals surface area contributed by atoms with Gasteiger partial charge in [-0.3, -0.25) is 10.1 Å². The Morgan fingerprint density at radius 1 is 1.21 bits per heavy atom. The van der Waals surface area contributed by atoms with Crippen molar-refractivity contribution < 1.29 is 4.92 Å². The number of nitro groups is 1. The number of nitrogens with two attached hydrogens (primary N) is 1. The van der Waals surface area contributed by atoms with Crippen LogP contribution >= 0.6 is 11.3 Å². The maximum Gasteiger partial charge on any atom is 0.295 e. The molecule has 2 heterocycles. The normalized spacial score (nSPS) is 10.7. The summed E-state index contributed by atoms with van der Waals surface area (Å²) in [7, 11) is 0. The summed E-state index contributed by atoms with van der Waals surface area (Å²) >= 11 is 1.53. The molecule has 0 fully saturated rings. The van der Waals surface area contributed by atoms with Gasteiger partial charge in [0.05, 0.1) is 4.92 Å². The van der Waals surface area contributed by atoms with Gasteiger partial charge in [-0.15, -0.1) is 11.3 Å². The maximum absolute atomic E-state index is 11.1. The van der Waals surface area contributed by atoms with Crippen LogP contribution in [0.15, 0.2) is 41.8 Å². The fourth-order valence-corrected chi connectivity index (χ4v) is 2.91. The second-order valence-corrected chi connectivity index (χ2v) is 4.92. The highest BCUT2D eigenvalue weighted by molar-refractivity contribution is 7.17. The third-order valence-corrected chi connectivity index (χ3v) is 3.79. The van der Waals surface area contributed by atoms with Gasteiger partial charge in [0.25, 0.3) is 5.69 Å². The van der Waals surface area contributed by atoms with E-state index >= 15 is 0 Å². The van der Waals surface area contributed by atoms with Crippen LogP contribution in [0.25, 0.3) is 21.3 Å². The van der Waals surface area contributed by atoms with Crippen molar-refractivity contribution in [1.82, 2.24) is 4.98 Å². The van der Waals surface area contributed by atoms with Gasteiger partial charge in [0.2, 0.25) is 0 Å². The first-order chi connectivity index (χ1) is 9.16. The number of rotatable bonds is 2. The summed E-state index contributed by atoms with van der Waals surface area (Å²) in [6.45, 7) is 0. The van der Waals surface area contributed by atoms with Crippen LogP contribution in [-0.2, 0) is 0 Å². The van der Waals surface area contributed by atoms with Crippen molar-refractivity contribution in [3.8, 4) is 11.3 Å². The van der Waals surface area contributed by atoms with Crippen molar-refractivity contribution in [2.75, 3.05) is 5.73 Å². The zero-order chi connectivity index (χ0) is 13.4. The molecule has 2 aromatic heterocycles. The van der Waals surface area contributed by atoms with Crippen molar-refractivity contribution >= 4 is 32.9 Å². The van der Waals surface area contributed by atoms with Gasteiger partial charge in [-0.05, 0) is 22.9 Å². The van der Waals surface area contributed by atoms with Crippen LogP contribution in [0.1, 0.15) is 0 Å². The lowest BCUT2D eigenvalue weighted by Gasteiger charge is -2.04. The molecular weight excluding hydrogens is 262 g/mol. The number of aromatic nitrogens is 1. The van der Waals surface area contributed by atoms with E-state index in [0.29, 0.717) is 5.69 Å². The van der Waals surface area contributed by atoms with E-state index in [1.165, 1.54) is 23.5 Å². The number of benzene rings is 1. The lowest BCUT2D eigenvalue weighted by molar-refractivity contribution is -0.384. The molecule has 0 amide bonds. The van der Waals surface area contributed by atoms with Crippen molar-refractivity contribution in [1.29, 1.82) is 0 Å². The molecule has 0 atom stereocenters. The van der Waals surface area contributed by atoms with Crippen LogP contribution in [0.2, 0.25) is 0 Å². The van der Waals surface area contributed by atoms with Gasteiger partial charge in [0.15, 0.2) is 5.69 Å². The molecule has 6 heteroatoms. The van der Waals surface area contributed by atoms with Crippen molar-refractivity contribution in [2.24, 2.45) is 0 Å². The summed E-state index contributed by atoms with van der Waals surface area (Å²) in [6, 6.07) is 10.5. The molecule has 19 heavy (non-hydrogen) atoms. The summed E-state index contributed by atoms with van der Waals surface area (Å²) in [6.07, 6.45) is 0. The Kier molecular flexibility index (Phi) is 2.64. The van der Waals surface area contributed by atoms with Crippen LogP contribution < -0.4 is 5.73 Å². The number of pyridine rings is 1. The lowest BCUT2D eigenvalue weighted by atomic mass is 10.1. The van der Waals surface area contributed by atoms with Crippen LogP contribution in [0.5, 0.6) is 0 Å². The second kappa shape index (κ2) is 4.33. The number of fused-ring (bicyclic) bond motifs is 1. The number of nitrogen functional groups attached to an aromatic ring is 1. The highest BCUT2D eigenvalue weighted by Gasteiger charge is 2.19. The van der Waals surface area contributed by atoms with Gasteiger partial charge < -0.3 is 5.73 Å². The number of hydrogen-bond donors (Lipinski definition) is 1. The standard InChI is InChI=1S/C13H9N3O2S/c14-11-5-4-10(16(17)18)12(15-11)9-3-1-2-8-6-7-19-13(8)9/h1-7H,(H2,14,15). The zero-order valence-electron chi connectivity index (χ0n) is 9.74. The third kappa shape index (κ3) is 1.92. The molecule has 0 unspecified atom stereocenters. The Morgan fingerprint density at radius 3 is 2.84 bits per heavy atom. The number of hydrogen-bond acceptors (Lipinski definition) is 5. The fraction of sp³-hybridized carbons (Fsp3) is 0. The minimum absolute atomic E-state index is 0.0323. The van der Waals surface area contributed by atoms with Crippen LogP contribution in [-0.4, -0.2) is 9.91 Å². The molecule has 0 saturated heterocycles. The van der Waals surface area contributed by atoms with E-state index < -0.39 is 4.92 Å². The van der Waals surface area contributed by atoms with E-state index in [9.17, 15) is 10.1 Å². The van der Waals surface area contributed by atoms with E-state index in [1.54, 1.807) is 0 Å². The molecule has 94 valence electrons. The first kappa shape index (κ1) is 11.6. The van der Waals surface area contributed by atoms with Crippen LogP contribution in [0.3, 0.4) is 0 Å². The molecule has 2 N–H and O–H groups in total. The molecule has 0 saturated carbocycles.